The van der Waals surface area contributed by atoms with Crippen molar-refractivity contribution in [1.82, 2.24) is 5.32 Å². The van der Waals surface area contributed by atoms with E-state index in [2.05, 4.69) is 22.8 Å². The van der Waals surface area contributed by atoms with Crippen LogP contribution in [0.15, 0.2) is 66.7 Å². The fourth-order valence-electron chi connectivity index (χ4n) is 4.62. The minimum Gasteiger partial charge on any atom is -0.478 e. The maximum absolute atomic E-state index is 12.6. The number of nitrogens with one attached hydrogen (secondary N) is 2. The number of aromatic carboxylic acids is 1. The predicted molar refractivity (Wildman–Crippen MR) is 127 cm³/mol. The van der Waals surface area contributed by atoms with Crippen molar-refractivity contribution in [2.45, 2.75) is 5.92 Å². The molecule has 3 N–H and O–H groups in total. The number of carboxylic acids is 1. The highest BCUT2D eigenvalue weighted by atomic mass is 16.5. The van der Waals surface area contributed by atoms with Gasteiger partial charge in [0.1, 0.15) is 6.61 Å². The summed E-state index contributed by atoms with van der Waals surface area (Å²) in [6, 6.07) is 20.7. The van der Waals surface area contributed by atoms with Crippen LogP contribution in [0.5, 0.6) is 0 Å². The van der Waals surface area contributed by atoms with E-state index >= 15 is 0 Å². The number of fused-ring (bicyclic) bond motifs is 3. The molecule has 2 amide bonds. The lowest BCUT2D eigenvalue weighted by molar-refractivity contribution is -0.120. The Bertz CT molecular complexity index is 1240. The van der Waals surface area contributed by atoms with E-state index in [9.17, 15) is 19.5 Å². The van der Waals surface area contributed by atoms with Crippen LogP contribution >= 0.6 is 0 Å². The zero-order chi connectivity index (χ0) is 23.7. The molecule has 172 valence electrons. The van der Waals surface area contributed by atoms with E-state index in [-0.39, 0.29) is 36.2 Å². The zero-order valence-electron chi connectivity index (χ0n) is 18.3. The average molecular weight is 457 g/mol. The summed E-state index contributed by atoms with van der Waals surface area (Å²) in [5.41, 5.74) is 5.11. The Kier molecular flexibility index (Phi) is 5.63. The van der Waals surface area contributed by atoms with Crippen molar-refractivity contribution in [2.75, 3.05) is 36.5 Å². The fraction of sp³-hybridized carbons (Fsp3) is 0.192. The molecule has 0 spiro atoms. The number of anilines is 2. The number of amides is 2. The number of carbonyl (C=O) groups is 3. The highest BCUT2D eigenvalue weighted by molar-refractivity contribution is 6.00. The molecule has 3 aromatic carbocycles. The Morgan fingerprint density at radius 3 is 2.35 bits per heavy atom. The fourth-order valence-corrected chi connectivity index (χ4v) is 4.62. The molecule has 0 atom stereocenters. The van der Waals surface area contributed by atoms with Gasteiger partial charge < -0.3 is 20.1 Å². The summed E-state index contributed by atoms with van der Waals surface area (Å²) in [5.74, 6) is -1.40. The molecule has 8 heteroatoms. The third-order valence-electron chi connectivity index (χ3n) is 6.22. The van der Waals surface area contributed by atoms with Crippen molar-refractivity contribution in [3.05, 3.63) is 83.4 Å². The molecule has 0 radical (unpaired) electrons. The molecule has 1 aliphatic carbocycles. The number of benzene rings is 3. The Labute approximate surface area is 196 Å². The van der Waals surface area contributed by atoms with Gasteiger partial charge in [-0.15, -0.1) is 0 Å². The normalized spacial score (nSPS) is 14.7. The Hall–Kier alpha value is -4.33. The summed E-state index contributed by atoms with van der Waals surface area (Å²) in [4.78, 5) is 37.9. The van der Waals surface area contributed by atoms with Gasteiger partial charge in [0.05, 0.1) is 17.8 Å². The second-order valence-electron chi connectivity index (χ2n) is 8.26. The van der Waals surface area contributed by atoms with E-state index in [4.69, 9.17) is 4.74 Å². The van der Waals surface area contributed by atoms with Crippen LogP contribution in [0.2, 0.25) is 0 Å². The highest BCUT2D eigenvalue weighted by Gasteiger charge is 2.29. The molecule has 1 heterocycles. The molecule has 34 heavy (non-hydrogen) atoms. The van der Waals surface area contributed by atoms with Gasteiger partial charge in [-0.2, -0.15) is 0 Å². The molecular weight excluding hydrogens is 434 g/mol. The zero-order valence-corrected chi connectivity index (χ0v) is 18.3. The minimum atomic E-state index is -1.18. The number of carboxylic acid groups (broad SMARTS) is 1. The van der Waals surface area contributed by atoms with Crippen LogP contribution in [0.3, 0.4) is 0 Å². The third-order valence-corrected chi connectivity index (χ3v) is 6.22. The summed E-state index contributed by atoms with van der Waals surface area (Å²) in [7, 11) is 0. The molecule has 0 bridgehead atoms. The molecule has 1 fully saturated rings. The lowest BCUT2D eigenvalue weighted by atomic mass is 9.98. The number of hydrogen-bond acceptors (Lipinski definition) is 5. The molecule has 1 saturated heterocycles. The van der Waals surface area contributed by atoms with E-state index < -0.39 is 12.1 Å². The van der Waals surface area contributed by atoms with Gasteiger partial charge in [-0.25, -0.2) is 9.59 Å². The van der Waals surface area contributed by atoms with Gasteiger partial charge in [0.15, 0.2) is 0 Å². The Morgan fingerprint density at radius 2 is 1.71 bits per heavy atom. The molecule has 0 aromatic heterocycles. The molecular formula is C26H23N3O5. The topological polar surface area (TPSA) is 108 Å². The molecule has 0 saturated carbocycles. The van der Waals surface area contributed by atoms with E-state index in [0.29, 0.717) is 18.8 Å². The van der Waals surface area contributed by atoms with Crippen molar-refractivity contribution in [1.29, 1.82) is 0 Å². The van der Waals surface area contributed by atoms with Crippen LogP contribution in [-0.4, -0.2) is 49.3 Å². The van der Waals surface area contributed by atoms with E-state index in [1.54, 1.807) is 11.0 Å². The largest absolute Gasteiger partial charge is 0.478 e. The minimum absolute atomic E-state index is 0.0722. The summed E-state index contributed by atoms with van der Waals surface area (Å²) in [5, 5.41) is 15.0. The van der Waals surface area contributed by atoms with Gasteiger partial charge >= 0.3 is 12.1 Å². The first-order valence-electron chi connectivity index (χ1n) is 11.0. The summed E-state index contributed by atoms with van der Waals surface area (Å²) in [6.07, 6.45) is -0.727. The van der Waals surface area contributed by atoms with Crippen LogP contribution < -0.4 is 15.5 Å². The SMILES string of the molecule is O=C1CN(c2ccc(NC(=O)OCC3c4ccccc4-c4ccccc43)c(C(=O)O)c2)CCN1. The van der Waals surface area contributed by atoms with Crippen LogP contribution in [0.4, 0.5) is 16.2 Å². The van der Waals surface area contributed by atoms with Crippen molar-refractivity contribution >= 4 is 29.3 Å². The quantitative estimate of drug-likeness (QED) is 0.540. The van der Waals surface area contributed by atoms with Crippen molar-refractivity contribution in [3.8, 4) is 11.1 Å². The van der Waals surface area contributed by atoms with Crippen LogP contribution in [0.25, 0.3) is 11.1 Å². The summed E-state index contributed by atoms with van der Waals surface area (Å²) >= 11 is 0. The van der Waals surface area contributed by atoms with Crippen LogP contribution in [0.1, 0.15) is 27.4 Å². The first-order valence-corrected chi connectivity index (χ1v) is 11.0. The number of carbonyl (C=O) groups excluding carboxylic acids is 2. The van der Waals surface area contributed by atoms with E-state index in [0.717, 1.165) is 22.3 Å². The summed E-state index contributed by atoms with van der Waals surface area (Å²) in [6.45, 7) is 1.34. The molecule has 5 rings (SSSR count). The standard InChI is InChI=1S/C26H23N3O5/c30-24-14-29(12-11-27-24)16-9-10-23(21(13-16)25(31)32)28-26(33)34-15-22-19-7-3-1-5-17(19)18-6-2-4-8-20(18)22/h1-10,13,22H,11-12,14-15H2,(H,27,30)(H,28,33)(H,31,32). The van der Waals surface area contributed by atoms with Gasteiger partial charge in [0.25, 0.3) is 0 Å². The number of hydrogen-bond donors (Lipinski definition) is 3. The highest BCUT2D eigenvalue weighted by Crippen LogP contribution is 2.44. The lowest BCUT2D eigenvalue weighted by Gasteiger charge is -2.29. The predicted octanol–water partition coefficient (Wildman–Crippen LogP) is 3.68. The second kappa shape index (κ2) is 8.90. The van der Waals surface area contributed by atoms with Gasteiger partial charge in [-0.3, -0.25) is 10.1 Å². The van der Waals surface area contributed by atoms with Crippen molar-refractivity contribution < 1.29 is 24.2 Å². The second-order valence-corrected chi connectivity index (χ2v) is 8.26. The van der Waals surface area contributed by atoms with Crippen LogP contribution in [-0.2, 0) is 9.53 Å². The van der Waals surface area contributed by atoms with Gasteiger partial charge in [0.2, 0.25) is 5.91 Å². The average Bonchev–Trinajstić information content (AvgIpc) is 3.16. The molecule has 8 nitrogen and oxygen atoms in total. The van der Waals surface area contributed by atoms with Crippen molar-refractivity contribution in [3.63, 3.8) is 0 Å². The van der Waals surface area contributed by atoms with Gasteiger partial charge in [-0.1, -0.05) is 48.5 Å². The molecule has 2 aliphatic rings. The summed E-state index contributed by atoms with van der Waals surface area (Å²) < 4.78 is 5.53. The first-order chi connectivity index (χ1) is 16.5. The monoisotopic (exact) mass is 457 g/mol. The van der Waals surface area contributed by atoms with Crippen LogP contribution in [0, 0.1) is 0 Å². The van der Waals surface area contributed by atoms with Gasteiger partial charge in [0, 0.05) is 24.7 Å². The molecule has 0 unspecified atom stereocenters. The van der Waals surface area contributed by atoms with Crippen molar-refractivity contribution in [2.24, 2.45) is 0 Å². The maximum Gasteiger partial charge on any atom is 0.411 e. The van der Waals surface area contributed by atoms with E-state index in [1.165, 1.54) is 12.1 Å². The Morgan fingerprint density at radius 1 is 1.03 bits per heavy atom. The van der Waals surface area contributed by atoms with E-state index in [1.807, 2.05) is 36.4 Å². The Balaban J connectivity index is 1.30. The number of nitrogens with zero attached hydrogens (tertiary/aromatic N) is 1. The van der Waals surface area contributed by atoms with Gasteiger partial charge in [-0.05, 0) is 40.5 Å². The lowest BCUT2D eigenvalue weighted by Crippen LogP contribution is -2.47. The smallest absolute Gasteiger partial charge is 0.411 e. The first kappa shape index (κ1) is 21.5. The molecule has 1 aliphatic heterocycles. The number of ether oxygens (including phenoxy) is 1. The number of piperazine rings is 1. The number of rotatable bonds is 5. The third kappa shape index (κ3) is 4.05. The molecule has 3 aromatic rings. The maximum atomic E-state index is 12.6.